The second kappa shape index (κ2) is 10.4. The maximum atomic E-state index is 12.9. The van der Waals surface area contributed by atoms with Gasteiger partial charge in [-0.1, -0.05) is 56.6 Å². The molecule has 1 amide bonds. The van der Waals surface area contributed by atoms with Gasteiger partial charge in [-0.15, -0.1) is 10.2 Å². The number of carbonyl (C=O) groups excluding carboxylic acids is 1. The van der Waals surface area contributed by atoms with Crippen molar-refractivity contribution in [1.82, 2.24) is 15.1 Å². The van der Waals surface area contributed by atoms with E-state index >= 15 is 0 Å². The summed E-state index contributed by atoms with van der Waals surface area (Å²) in [6, 6.07) is 13.4. The molecule has 0 aliphatic heterocycles. The molecule has 1 aromatic heterocycles. The third-order valence-electron chi connectivity index (χ3n) is 4.89. The van der Waals surface area contributed by atoms with Gasteiger partial charge in [-0.2, -0.15) is 0 Å². The van der Waals surface area contributed by atoms with E-state index in [1.807, 2.05) is 38.1 Å². The molecule has 3 rings (SSSR count). The molecule has 3 aromatic rings. The fourth-order valence-electron chi connectivity index (χ4n) is 3.26. The molecular weight excluding hydrogens is 414 g/mol. The first-order chi connectivity index (χ1) is 14.9. The predicted octanol–water partition coefficient (Wildman–Crippen LogP) is 5.64. The Morgan fingerprint density at radius 1 is 1.19 bits per heavy atom. The van der Waals surface area contributed by atoms with Gasteiger partial charge in [0.2, 0.25) is 11.8 Å². The molecule has 0 aliphatic carbocycles. The van der Waals surface area contributed by atoms with Crippen LogP contribution in [-0.4, -0.2) is 34.2 Å². The molecule has 0 saturated heterocycles. The second-order valence-electron chi connectivity index (χ2n) is 7.78. The van der Waals surface area contributed by atoms with Gasteiger partial charge in [0.05, 0.1) is 17.1 Å². The van der Waals surface area contributed by atoms with Crippen LogP contribution in [0.15, 0.2) is 46.9 Å². The molecule has 0 radical (unpaired) electrons. The molecule has 0 fully saturated rings. The Morgan fingerprint density at radius 3 is 2.68 bits per heavy atom. The van der Waals surface area contributed by atoms with Gasteiger partial charge >= 0.3 is 0 Å². The number of aryl methyl sites for hydroxylation is 1. The molecule has 31 heavy (non-hydrogen) atoms. The van der Waals surface area contributed by atoms with Gasteiger partial charge in [0, 0.05) is 6.54 Å². The van der Waals surface area contributed by atoms with Crippen LogP contribution < -0.4 is 4.74 Å². The van der Waals surface area contributed by atoms with E-state index in [9.17, 15) is 4.79 Å². The lowest BCUT2D eigenvalue weighted by atomic mass is 10.0. The van der Waals surface area contributed by atoms with Crippen LogP contribution in [0.4, 0.5) is 0 Å². The molecule has 6 nitrogen and oxygen atoms in total. The lowest BCUT2D eigenvalue weighted by Crippen LogP contribution is -2.35. The summed E-state index contributed by atoms with van der Waals surface area (Å²) in [5, 5.41) is 8.71. The summed E-state index contributed by atoms with van der Waals surface area (Å²) in [5.41, 5.74) is 2.84. The lowest BCUT2D eigenvalue weighted by molar-refractivity contribution is -0.134. The number of carbonyl (C=O) groups is 1. The van der Waals surface area contributed by atoms with Crippen LogP contribution in [0.5, 0.6) is 5.75 Å². The van der Waals surface area contributed by atoms with Gasteiger partial charge in [0.15, 0.2) is 6.61 Å². The summed E-state index contributed by atoms with van der Waals surface area (Å²) >= 11 is 6.21. The Bertz CT molecular complexity index is 1030. The first-order valence-electron chi connectivity index (χ1n) is 10.5. The highest BCUT2D eigenvalue weighted by atomic mass is 35.5. The smallest absolute Gasteiger partial charge is 0.260 e. The minimum Gasteiger partial charge on any atom is -0.483 e. The minimum atomic E-state index is -0.129. The lowest BCUT2D eigenvalue weighted by Gasteiger charge is -2.21. The summed E-state index contributed by atoms with van der Waals surface area (Å²) in [6.07, 6.45) is 0.805. The Morgan fingerprint density at radius 2 is 1.97 bits per heavy atom. The number of halogens is 1. The molecule has 0 unspecified atom stereocenters. The summed E-state index contributed by atoms with van der Waals surface area (Å²) < 4.78 is 11.7. The monoisotopic (exact) mass is 441 g/mol. The summed E-state index contributed by atoms with van der Waals surface area (Å²) in [5.74, 6) is 1.62. The number of amides is 1. The zero-order valence-corrected chi connectivity index (χ0v) is 19.1. The molecule has 0 N–H and O–H groups in total. The maximum absolute atomic E-state index is 12.9. The molecule has 164 valence electrons. The van der Waals surface area contributed by atoms with Crippen LogP contribution in [-0.2, 0) is 11.3 Å². The molecular formula is C24H28ClN3O3. The second-order valence-corrected chi connectivity index (χ2v) is 8.19. The van der Waals surface area contributed by atoms with E-state index in [-0.39, 0.29) is 19.1 Å². The van der Waals surface area contributed by atoms with Gasteiger partial charge in [-0.05, 0) is 48.6 Å². The number of benzene rings is 2. The average Bonchev–Trinajstić information content (AvgIpc) is 3.20. The van der Waals surface area contributed by atoms with E-state index in [1.165, 1.54) is 0 Å². The Hall–Kier alpha value is -2.86. The van der Waals surface area contributed by atoms with Gasteiger partial charge in [-0.25, -0.2) is 0 Å². The molecule has 0 saturated carbocycles. The normalized spacial score (nSPS) is 11.0. The fraction of sp³-hybridized carbons (Fsp3) is 0.375. The molecule has 0 atom stereocenters. The van der Waals surface area contributed by atoms with Crippen molar-refractivity contribution in [3.05, 3.63) is 64.5 Å². The Balaban J connectivity index is 1.69. The maximum Gasteiger partial charge on any atom is 0.260 e. The van der Waals surface area contributed by atoms with Crippen molar-refractivity contribution in [3.63, 3.8) is 0 Å². The van der Waals surface area contributed by atoms with Crippen molar-refractivity contribution in [2.45, 2.75) is 46.6 Å². The number of hydrogen-bond donors (Lipinski definition) is 0. The summed E-state index contributed by atoms with van der Waals surface area (Å²) in [4.78, 5) is 14.6. The molecule has 0 spiro atoms. The van der Waals surface area contributed by atoms with E-state index in [0.717, 1.165) is 23.3 Å². The highest BCUT2D eigenvalue weighted by molar-refractivity contribution is 6.33. The van der Waals surface area contributed by atoms with Crippen LogP contribution in [0.25, 0.3) is 11.5 Å². The third-order valence-corrected chi connectivity index (χ3v) is 5.22. The minimum absolute atomic E-state index is 0.0469. The van der Waals surface area contributed by atoms with Gasteiger partial charge in [0.25, 0.3) is 5.91 Å². The van der Waals surface area contributed by atoms with E-state index in [4.69, 9.17) is 20.8 Å². The predicted molar refractivity (Wildman–Crippen MR) is 121 cm³/mol. The average molecular weight is 442 g/mol. The van der Waals surface area contributed by atoms with Crippen molar-refractivity contribution in [2.24, 2.45) is 0 Å². The summed E-state index contributed by atoms with van der Waals surface area (Å²) in [7, 11) is 0. The molecule has 0 bridgehead atoms. The van der Waals surface area contributed by atoms with Gasteiger partial charge < -0.3 is 14.1 Å². The first kappa shape index (κ1) is 22.8. The Kier molecular flexibility index (Phi) is 7.69. The number of aromatic nitrogens is 2. The first-order valence-corrected chi connectivity index (χ1v) is 10.8. The molecule has 2 aromatic carbocycles. The zero-order chi connectivity index (χ0) is 22.4. The van der Waals surface area contributed by atoms with E-state index in [1.54, 1.807) is 11.0 Å². The highest BCUT2D eigenvalue weighted by Crippen LogP contribution is 2.28. The topological polar surface area (TPSA) is 68.5 Å². The number of hydrogen-bond acceptors (Lipinski definition) is 5. The highest BCUT2D eigenvalue weighted by Gasteiger charge is 2.19. The van der Waals surface area contributed by atoms with Crippen LogP contribution in [0.2, 0.25) is 5.02 Å². The Labute approximate surface area is 188 Å². The fourth-order valence-corrected chi connectivity index (χ4v) is 3.48. The molecule has 1 heterocycles. The number of rotatable bonds is 9. The standard InChI is InChI=1S/C24H28ClN3O3/c1-5-12-28(14-22-26-27-24(31-22)19-8-6-7-9-20(19)25)23(29)15-30-21-13-17(4)10-11-18(21)16(2)3/h6-11,13,16H,5,12,14-15H2,1-4H3. The van der Waals surface area contributed by atoms with E-state index < -0.39 is 0 Å². The van der Waals surface area contributed by atoms with Crippen LogP contribution in [0.1, 0.15) is 50.1 Å². The number of nitrogens with zero attached hydrogens (tertiary/aromatic N) is 3. The van der Waals surface area contributed by atoms with Crippen molar-refractivity contribution in [2.75, 3.05) is 13.2 Å². The van der Waals surface area contributed by atoms with Crippen molar-refractivity contribution >= 4 is 17.5 Å². The SMILES string of the molecule is CCCN(Cc1nnc(-c2ccccc2Cl)o1)C(=O)COc1cc(C)ccc1C(C)C. The molecule has 0 aliphatic rings. The zero-order valence-electron chi connectivity index (χ0n) is 18.4. The number of ether oxygens (including phenoxy) is 1. The van der Waals surface area contributed by atoms with Gasteiger partial charge in [-0.3, -0.25) is 4.79 Å². The summed E-state index contributed by atoms with van der Waals surface area (Å²) in [6.45, 7) is 8.98. The van der Waals surface area contributed by atoms with E-state index in [0.29, 0.717) is 34.8 Å². The van der Waals surface area contributed by atoms with Crippen molar-refractivity contribution < 1.29 is 13.9 Å². The van der Waals surface area contributed by atoms with E-state index in [2.05, 4.69) is 36.2 Å². The van der Waals surface area contributed by atoms with Crippen LogP contribution >= 0.6 is 11.6 Å². The van der Waals surface area contributed by atoms with Crippen molar-refractivity contribution in [1.29, 1.82) is 0 Å². The van der Waals surface area contributed by atoms with Crippen LogP contribution in [0.3, 0.4) is 0 Å². The quantitative estimate of drug-likeness (QED) is 0.429. The van der Waals surface area contributed by atoms with Gasteiger partial charge in [0.1, 0.15) is 5.75 Å². The van der Waals surface area contributed by atoms with Crippen LogP contribution in [0, 0.1) is 6.92 Å². The van der Waals surface area contributed by atoms with Crippen molar-refractivity contribution in [3.8, 4) is 17.2 Å². The molecule has 7 heteroatoms. The third kappa shape index (κ3) is 5.85. The largest absolute Gasteiger partial charge is 0.483 e.